The molecule has 1 saturated carbocycles. The van der Waals surface area contributed by atoms with Crippen LogP contribution in [0.15, 0.2) is 53.3 Å². The number of nitrogens with one attached hydrogen (secondary N) is 2. The number of carbonyl (C=O) groups is 1. The monoisotopic (exact) mass is 917 g/mol. The van der Waals surface area contributed by atoms with Crippen LogP contribution >= 0.6 is 11.6 Å². The number of rotatable bonds is 13. The zero-order chi connectivity index (χ0) is 44.7. The molecule has 0 unspecified atom stereocenters. The Morgan fingerprint density at radius 3 is 2.48 bits per heavy atom. The molecule has 14 nitrogen and oxygen atoms in total. The normalized spacial score (nSPS) is 18.5. The van der Waals surface area contributed by atoms with Crippen LogP contribution in [0.4, 0.5) is 37.8 Å². The van der Waals surface area contributed by atoms with E-state index in [1.165, 1.54) is 23.9 Å². The molecule has 0 spiro atoms. The van der Waals surface area contributed by atoms with Crippen molar-refractivity contribution in [2.45, 2.75) is 57.0 Å². The van der Waals surface area contributed by atoms with Crippen molar-refractivity contribution in [2.24, 2.45) is 13.0 Å². The number of morpholine rings is 1. The van der Waals surface area contributed by atoms with E-state index < -0.39 is 87.7 Å². The summed E-state index contributed by atoms with van der Waals surface area (Å²) in [6.07, 6.45) is -3.34. The number of sulfonamides is 1. The number of alkyl halides is 4. The number of ether oxygens (including phenoxy) is 1. The van der Waals surface area contributed by atoms with Gasteiger partial charge >= 0.3 is 0 Å². The average Bonchev–Trinajstić information content (AvgIpc) is 3.76. The molecule has 332 valence electrons. The van der Waals surface area contributed by atoms with Crippen molar-refractivity contribution in [1.29, 1.82) is 0 Å². The number of aromatic nitrogens is 6. The van der Waals surface area contributed by atoms with Gasteiger partial charge in [0.05, 0.1) is 57.5 Å². The molecule has 1 amide bonds. The van der Waals surface area contributed by atoms with Gasteiger partial charge in [-0.25, -0.2) is 31.0 Å². The van der Waals surface area contributed by atoms with Gasteiger partial charge in [0, 0.05) is 49.8 Å². The molecule has 2 N–H and O–H groups in total. The van der Waals surface area contributed by atoms with Crippen molar-refractivity contribution in [3.8, 4) is 5.69 Å². The number of benzene rings is 3. The maximum Gasteiger partial charge on any atom is 0.293 e. The van der Waals surface area contributed by atoms with Crippen LogP contribution in [0.1, 0.15) is 66.5 Å². The van der Waals surface area contributed by atoms with E-state index in [4.69, 9.17) is 21.3 Å². The van der Waals surface area contributed by atoms with Gasteiger partial charge in [-0.2, -0.15) is 19.0 Å². The highest BCUT2D eigenvalue weighted by Gasteiger charge is 2.67. The van der Waals surface area contributed by atoms with Crippen molar-refractivity contribution < 1.29 is 44.3 Å². The zero-order valence-corrected chi connectivity index (χ0v) is 35.1. The van der Waals surface area contributed by atoms with E-state index in [0.717, 1.165) is 16.7 Å². The number of aryl methyl sites for hydroxylation is 1. The van der Waals surface area contributed by atoms with E-state index in [0.29, 0.717) is 42.7 Å². The number of fused-ring (bicyclic) bond motifs is 5. The first-order valence-corrected chi connectivity index (χ1v) is 22.1. The molecule has 3 aliphatic rings. The first-order chi connectivity index (χ1) is 29.9. The molecule has 9 rings (SSSR count). The summed E-state index contributed by atoms with van der Waals surface area (Å²) in [5, 5.41) is 11.1. The predicted molar refractivity (Wildman–Crippen MR) is 220 cm³/mol. The summed E-state index contributed by atoms with van der Waals surface area (Å²) in [5.74, 6) is -9.11. The second-order valence-corrected chi connectivity index (χ2v) is 18.1. The number of hydrogen-bond donors (Lipinski definition) is 2. The fraction of sp³-hybridized carbons (Fsp3) is 0.390. The lowest BCUT2D eigenvalue weighted by molar-refractivity contribution is -0.123. The van der Waals surface area contributed by atoms with Crippen LogP contribution in [0, 0.1) is 17.6 Å². The molecular formula is C41H38ClF6N9O5S. The lowest BCUT2D eigenvalue weighted by atomic mass is 10.0. The lowest BCUT2D eigenvalue weighted by Gasteiger charge is -2.29. The molecule has 3 aromatic carbocycles. The fourth-order valence-electron chi connectivity index (χ4n) is 8.88. The van der Waals surface area contributed by atoms with E-state index in [1.807, 2.05) is 4.90 Å². The van der Waals surface area contributed by atoms with Gasteiger partial charge in [0.2, 0.25) is 15.9 Å². The summed E-state index contributed by atoms with van der Waals surface area (Å²) >= 11 is 6.70. The Labute approximate surface area is 359 Å². The van der Waals surface area contributed by atoms with Crippen molar-refractivity contribution in [3.05, 3.63) is 104 Å². The Hall–Kier alpha value is -5.67. The molecule has 0 bridgehead atoms. The number of nitrogens with zero attached hydrogens (tertiary/aromatic N) is 7. The van der Waals surface area contributed by atoms with Crippen LogP contribution in [-0.2, 0) is 45.5 Å². The fourth-order valence-corrected chi connectivity index (χ4v) is 10.2. The van der Waals surface area contributed by atoms with Gasteiger partial charge in [0.1, 0.15) is 35.4 Å². The molecule has 22 heteroatoms. The van der Waals surface area contributed by atoms with Crippen molar-refractivity contribution in [3.63, 3.8) is 0 Å². The van der Waals surface area contributed by atoms with Gasteiger partial charge in [0.15, 0.2) is 5.82 Å². The van der Waals surface area contributed by atoms with E-state index in [2.05, 4.69) is 20.2 Å². The Balaban J connectivity index is 1.24. The molecule has 3 atom stereocenters. The standard InChI is InChI=1S/C41H38ClF6N9O5S/c1-3-12-63(60,61)53-38-33-27(42)6-7-30(35(33)54(2)52-38)57-39(50-28-17-23(4-5-24(28)40(57)59)55-8-10-62-11-9-55)29(15-20-13-21(43)16-22(44)14-20)49-31(58)19-56-36-32(34(51-56)37(45)46)25-18-26(25)41(36,47)48/h4-7,13-14,16-17,25-26,29,37H,3,8-12,15,18-19H2,1-2H3,(H,49,58)(H,52,53)/t25-,26+,29-/m0/s1. The zero-order valence-electron chi connectivity index (χ0n) is 33.5. The lowest BCUT2D eigenvalue weighted by Crippen LogP contribution is -2.38. The van der Waals surface area contributed by atoms with Crippen LogP contribution in [0.2, 0.25) is 5.02 Å². The third-order valence-corrected chi connectivity index (χ3v) is 13.4. The number of halogens is 7. The molecule has 4 heterocycles. The van der Waals surface area contributed by atoms with Crippen molar-refractivity contribution >= 4 is 60.8 Å². The molecule has 0 radical (unpaired) electrons. The molecule has 2 fully saturated rings. The minimum absolute atomic E-state index is 0.00301. The Morgan fingerprint density at radius 1 is 1.05 bits per heavy atom. The largest absolute Gasteiger partial charge is 0.378 e. The van der Waals surface area contributed by atoms with E-state index in [-0.39, 0.29) is 73.9 Å². The third-order valence-electron chi connectivity index (χ3n) is 11.6. The summed E-state index contributed by atoms with van der Waals surface area (Å²) in [4.78, 5) is 36.2. The molecular weight excluding hydrogens is 880 g/mol. The van der Waals surface area contributed by atoms with E-state index in [9.17, 15) is 30.8 Å². The van der Waals surface area contributed by atoms with Crippen molar-refractivity contribution in [1.82, 2.24) is 34.4 Å². The van der Waals surface area contributed by atoms with Gasteiger partial charge in [-0.1, -0.05) is 18.5 Å². The minimum atomic E-state index is -3.91. The van der Waals surface area contributed by atoms with Gasteiger partial charge in [0.25, 0.3) is 17.9 Å². The van der Waals surface area contributed by atoms with Gasteiger partial charge in [-0.05, 0) is 66.8 Å². The van der Waals surface area contributed by atoms with Gasteiger partial charge < -0.3 is 15.0 Å². The van der Waals surface area contributed by atoms with Crippen molar-refractivity contribution in [2.75, 3.05) is 41.7 Å². The molecule has 6 aromatic rings. The second-order valence-electron chi connectivity index (χ2n) is 15.9. The number of carbonyl (C=O) groups excluding carboxylic acids is 1. The van der Waals surface area contributed by atoms with Crippen LogP contribution in [0.3, 0.4) is 0 Å². The molecule has 1 aliphatic heterocycles. The number of hydrogen-bond acceptors (Lipinski definition) is 9. The Kier molecular flexibility index (Phi) is 10.7. The first kappa shape index (κ1) is 42.6. The molecule has 1 saturated heterocycles. The van der Waals surface area contributed by atoms with E-state index >= 15 is 13.6 Å². The van der Waals surface area contributed by atoms with Gasteiger partial charge in [-0.3, -0.25) is 28.2 Å². The van der Waals surface area contributed by atoms with Crippen LogP contribution in [0.25, 0.3) is 27.5 Å². The number of amides is 1. The highest BCUT2D eigenvalue weighted by molar-refractivity contribution is 7.92. The Morgan fingerprint density at radius 2 is 1.78 bits per heavy atom. The minimum Gasteiger partial charge on any atom is -0.378 e. The average molecular weight is 918 g/mol. The number of anilines is 2. The maximum absolute atomic E-state index is 15.5. The van der Waals surface area contributed by atoms with Gasteiger partial charge in [-0.15, -0.1) is 0 Å². The first-order valence-electron chi connectivity index (χ1n) is 20.0. The quantitative estimate of drug-likeness (QED) is 0.121. The summed E-state index contributed by atoms with van der Waals surface area (Å²) in [6.45, 7) is 2.64. The third kappa shape index (κ3) is 7.66. The molecule has 3 aromatic heterocycles. The molecule has 63 heavy (non-hydrogen) atoms. The smallest absolute Gasteiger partial charge is 0.293 e. The van der Waals surface area contributed by atoms with Crippen LogP contribution in [-0.4, -0.2) is 75.5 Å². The summed E-state index contributed by atoms with van der Waals surface area (Å²) in [5.41, 5.74) is -1.59. The maximum atomic E-state index is 15.5. The predicted octanol–water partition coefficient (Wildman–Crippen LogP) is 6.64. The van der Waals surface area contributed by atoms with Crippen LogP contribution in [0.5, 0.6) is 0 Å². The summed E-state index contributed by atoms with van der Waals surface area (Å²) < 4.78 is 126. The SMILES string of the molecule is CCCS(=O)(=O)Nc1nn(C)c2c(-n3c([C@H](Cc4cc(F)cc(F)c4)NC(=O)Cn4nc(C(F)F)c5c4C(F)(F)[C@@H]4C[C@H]54)nc4cc(N5CCOCC5)ccc4c3=O)ccc(Cl)c12. The second kappa shape index (κ2) is 15.8. The summed E-state index contributed by atoms with van der Waals surface area (Å²) in [6, 6.07) is 8.95. The Bertz CT molecular complexity index is 2990. The summed E-state index contributed by atoms with van der Waals surface area (Å²) in [7, 11) is -2.42. The molecule has 2 aliphatic carbocycles. The highest BCUT2D eigenvalue weighted by atomic mass is 35.5. The topological polar surface area (TPSA) is 158 Å². The van der Waals surface area contributed by atoms with E-state index in [1.54, 1.807) is 25.1 Å². The van der Waals surface area contributed by atoms with Crippen LogP contribution < -0.4 is 20.5 Å². The highest BCUT2D eigenvalue weighted by Crippen LogP contribution is 2.68.